The second kappa shape index (κ2) is 6.01. The van der Waals surface area contributed by atoms with Crippen molar-refractivity contribution < 1.29 is 4.74 Å². The average molecular weight is 320 g/mol. The summed E-state index contributed by atoms with van der Waals surface area (Å²) in [4.78, 5) is 18.2. The van der Waals surface area contributed by atoms with E-state index in [-0.39, 0.29) is 5.69 Å². The van der Waals surface area contributed by atoms with E-state index in [1.165, 1.54) is 0 Å². The molecule has 1 aromatic heterocycles. The number of ether oxygens (including phenoxy) is 1. The van der Waals surface area contributed by atoms with Gasteiger partial charge in [-0.05, 0) is 31.0 Å². The Morgan fingerprint density at radius 1 is 1.41 bits per heavy atom. The molecule has 0 bridgehead atoms. The molecule has 0 aliphatic carbocycles. The molecule has 0 N–H and O–H groups in total. The zero-order valence-corrected chi connectivity index (χ0v) is 13.4. The summed E-state index contributed by atoms with van der Waals surface area (Å²) in [6.45, 7) is 3.16. The number of nitrogens with zero attached hydrogens (tertiary/aromatic N) is 3. The molecule has 5 nitrogen and oxygen atoms in total. The van der Waals surface area contributed by atoms with E-state index in [9.17, 15) is 4.79 Å². The zero-order valence-electron chi connectivity index (χ0n) is 12.6. The standard InChI is InChI=1S/C16H18ClN3O2/c1-11-6-7-20-15(19(11)2)9-14(18-16(20)21)22-10-12-4-3-5-13(17)8-12/h3-5,8-9,11H,6-7,10H2,1-2H3. The smallest absolute Gasteiger partial charge is 0.352 e. The molecule has 0 spiro atoms. The first-order valence-electron chi connectivity index (χ1n) is 7.26. The van der Waals surface area contributed by atoms with Gasteiger partial charge in [0.2, 0.25) is 5.88 Å². The molecule has 3 rings (SSSR count). The van der Waals surface area contributed by atoms with Crippen LogP contribution < -0.4 is 15.3 Å². The first-order chi connectivity index (χ1) is 10.5. The summed E-state index contributed by atoms with van der Waals surface area (Å²) in [5, 5.41) is 0.660. The summed E-state index contributed by atoms with van der Waals surface area (Å²) in [6.07, 6.45) is 0.938. The first kappa shape index (κ1) is 14.9. The van der Waals surface area contributed by atoms with Crippen LogP contribution >= 0.6 is 11.6 Å². The lowest BCUT2D eigenvalue weighted by molar-refractivity contribution is 0.290. The Hall–Kier alpha value is -2.01. The number of aromatic nitrogens is 2. The molecule has 1 aliphatic rings. The van der Waals surface area contributed by atoms with E-state index in [4.69, 9.17) is 16.3 Å². The Kier molecular flexibility index (Phi) is 4.07. The molecule has 2 aromatic rings. The van der Waals surface area contributed by atoms with E-state index in [1.54, 1.807) is 4.57 Å². The molecule has 1 aromatic carbocycles. The van der Waals surface area contributed by atoms with Crippen LogP contribution in [0.25, 0.3) is 0 Å². The van der Waals surface area contributed by atoms with Gasteiger partial charge in [0.25, 0.3) is 0 Å². The van der Waals surface area contributed by atoms with Gasteiger partial charge in [0.1, 0.15) is 12.4 Å². The lowest BCUT2D eigenvalue weighted by atomic mass is 10.1. The van der Waals surface area contributed by atoms with Crippen LogP contribution in [0, 0.1) is 0 Å². The number of anilines is 1. The van der Waals surface area contributed by atoms with Gasteiger partial charge in [0, 0.05) is 30.7 Å². The van der Waals surface area contributed by atoms with E-state index < -0.39 is 0 Å². The summed E-state index contributed by atoms with van der Waals surface area (Å²) >= 11 is 5.95. The van der Waals surface area contributed by atoms with Gasteiger partial charge in [0.05, 0.1) is 0 Å². The van der Waals surface area contributed by atoms with Crippen molar-refractivity contribution in [1.82, 2.24) is 9.55 Å². The van der Waals surface area contributed by atoms with Crippen molar-refractivity contribution in [2.75, 3.05) is 11.9 Å². The second-order valence-corrected chi connectivity index (χ2v) is 5.99. The van der Waals surface area contributed by atoms with Gasteiger partial charge in [-0.3, -0.25) is 4.57 Å². The van der Waals surface area contributed by atoms with Crippen molar-refractivity contribution >= 4 is 17.4 Å². The summed E-state index contributed by atoms with van der Waals surface area (Å²) < 4.78 is 7.35. The van der Waals surface area contributed by atoms with Crippen LogP contribution in [-0.4, -0.2) is 22.6 Å². The molecule has 0 amide bonds. The normalized spacial score (nSPS) is 17.2. The highest BCUT2D eigenvalue weighted by Gasteiger charge is 2.22. The van der Waals surface area contributed by atoms with Gasteiger partial charge in [-0.15, -0.1) is 0 Å². The highest BCUT2D eigenvalue weighted by Crippen LogP contribution is 2.24. The predicted molar refractivity (Wildman–Crippen MR) is 86.8 cm³/mol. The van der Waals surface area contributed by atoms with Gasteiger partial charge in [-0.25, -0.2) is 4.79 Å². The molecule has 2 heterocycles. The number of rotatable bonds is 3. The number of fused-ring (bicyclic) bond motifs is 1. The number of benzene rings is 1. The molecule has 1 unspecified atom stereocenters. The largest absolute Gasteiger partial charge is 0.473 e. The Morgan fingerprint density at radius 2 is 2.23 bits per heavy atom. The minimum absolute atomic E-state index is 0.266. The van der Waals surface area contributed by atoms with Crippen LogP contribution in [0.1, 0.15) is 18.9 Å². The summed E-state index contributed by atoms with van der Waals surface area (Å²) in [5.41, 5.74) is 0.672. The van der Waals surface area contributed by atoms with Gasteiger partial charge in [-0.1, -0.05) is 23.7 Å². The quantitative estimate of drug-likeness (QED) is 0.872. The number of hydrogen-bond donors (Lipinski definition) is 0. The summed E-state index contributed by atoms with van der Waals surface area (Å²) in [6, 6.07) is 9.65. The van der Waals surface area contributed by atoms with Crippen molar-refractivity contribution in [3.63, 3.8) is 0 Å². The highest BCUT2D eigenvalue weighted by molar-refractivity contribution is 6.30. The molecule has 0 saturated carbocycles. The fourth-order valence-electron chi connectivity index (χ4n) is 2.57. The third kappa shape index (κ3) is 2.95. The topological polar surface area (TPSA) is 47.4 Å². The summed E-state index contributed by atoms with van der Waals surface area (Å²) in [5.74, 6) is 1.19. The van der Waals surface area contributed by atoms with Crippen molar-refractivity contribution in [3.8, 4) is 5.88 Å². The number of halogens is 1. The van der Waals surface area contributed by atoms with Crippen LogP contribution in [0.4, 0.5) is 5.82 Å². The van der Waals surface area contributed by atoms with E-state index in [1.807, 2.05) is 37.4 Å². The fourth-order valence-corrected chi connectivity index (χ4v) is 2.78. The minimum atomic E-state index is -0.266. The molecular weight excluding hydrogens is 302 g/mol. The van der Waals surface area contributed by atoms with E-state index in [0.29, 0.717) is 30.1 Å². The fraction of sp³-hybridized carbons (Fsp3) is 0.375. The van der Waals surface area contributed by atoms with Crippen LogP contribution in [0.15, 0.2) is 35.1 Å². The van der Waals surface area contributed by atoms with Gasteiger partial charge >= 0.3 is 5.69 Å². The molecule has 22 heavy (non-hydrogen) atoms. The molecular formula is C16H18ClN3O2. The highest BCUT2D eigenvalue weighted by atomic mass is 35.5. The van der Waals surface area contributed by atoms with Crippen LogP contribution in [-0.2, 0) is 13.2 Å². The van der Waals surface area contributed by atoms with Gasteiger partial charge < -0.3 is 9.64 Å². The van der Waals surface area contributed by atoms with Crippen molar-refractivity contribution in [2.45, 2.75) is 32.5 Å². The Morgan fingerprint density at radius 3 is 3.00 bits per heavy atom. The maximum Gasteiger partial charge on any atom is 0.352 e. The maximum absolute atomic E-state index is 12.1. The Labute approximate surface area is 134 Å². The Balaban J connectivity index is 1.83. The monoisotopic (exact) mass is 319 g/mol. The van der Waals surface area contributed by atoms with Gasteiger partial charge in [0.15, 0.2) is 0 Å². The van der Waals surface area contributed by atoms with Crippen LogP contribution in [0.2, 0.25) is 5.02 Å². The summed E-state index contributed by atoms with van der Waals surface area (Å²) in [7, 11) is 1.98. The Bertz CT molecular complexity index is 744. The lowest BCUT2D eigenvalue weighted by Gasteiger charge is -2.34. The minimum Gasteiger partial charge on any atom is -0.473 e. The van der Waals surface area contributed by atoms with Gasteiger partial charge in [-0.2, -0.15) is 4.98 Å². The molecule has 0 radical (unpaired) electrons. The first-order valence-corrected chi connectivity index (χ1v) is 7.64. The molecule has 6 heteroatoms. The van der Waals surface area contributed by atoms with E-state index in [0.717, 1.165) is 17.8 Å². The third-order valence-electron chi connectivity index (χ3n) is 4.03. The second-order valence-electron chi connectivity index (χ2n) is 5.55. The SMILES string of the molecule is CC1CCn2c(cc(OCc3cccc(Cl)c3)nc2=O)N1C. The predicted octanol–water partition coefficient (Wildman–Crippen LogP) is 2.70. The van der Waals surface area contributed by atoms with E-state index >= 15 is 0 Å². The average Bonchev–Trinajstić information content (AvgIpc) is 2.49. The van der Waals surface area contributed by atoms with E-state index in [2.05, 4.69) is 16.8 Å². The van der Waals surface area contributed by atoms with Crippen molar-refractivity contribution in [3.05, 3.63) is 51.4 Å². The van der Waals surface area contributed by atoms with Crippen LogP contribution in [0.5, 0.6) is 5.88 Å². The van der Waals surface area contributed by atoms with Crippen molar-refractivity contribution in [2.24, 2.45) is 0 Å². The third-order valence-corrected chi connectivity index (χ3v) is 4.27. The molecule has 0 saturated heterocycles. The van der Waals surface area contributed by atoms with Crippen LogP contribution in [0.3, 0.4) is 0 Å². The molecule has 1 atom stereocenters. The maximum atomic E-state index is 12.1. The molecule has 0 fully saturated rings. The molecule has 1 aliphatic heterocycles. The molecule has 116 valence electrons. The lowest BCUT2D eigenvalue weighted by Crippen LogP contribution is -2.41. The zero-order chi connectivity index (χ0) is 15.7. The van der Waals surface area contributed by atoms with Crippen molar-refractivity contribution in [1.29, 1.82) is 0 Å². The number of hydrogen-bond acceptors (Lipinski definition) is 4.